The van der Waals surface area contributed by atoms with Gasteiger partial charge < -0.3 is 10.2 Å². The number of thioether (sulfide) groups is 1. The molecule has 6 heteroatoms. The summed E-state index contributed by atoms with van der Waals surface area (Å²) in [7, 11) is 0. The molecule has 0 saturated carbocycles. The van der Waals surface area contributed by atoms with Gasteiger partial charge in [-0.2, -0.15) is 0 Å². The van der Waals surface area contributed by atoms with Gasteiger partial charge in [0, 0.05) is 11.3 Å². The highest BCUT2D eigenvalue weighted by atomic mass is 32.2. The van der Waals surface area contributed by atoms with Crippen LogP contribution in [0.1, 0.15) is 9.67 Å². The van der Waals surface area contributed by atoms with E-state index in [-0.39, 0.29) is 11.5 Å². The van der Waals surface area contributed by atoms with Crippen molar-refractivity contribution in [1.29, 1.82) is 0 Å². The molecule has 1 aromatic heterocycles. The van der Waals surface area contributed by atoms with Gasteiger partial charge >= 0.3 is 5.97 Å². The van der Waals surface area contributed by atoms with E-state index in [1.807, 2.05) is 30.3 Å². The third-order valence-corrected chi connectivity index (χ3v) is 4.33. The van der Waals surface area contributed by atoms with Crippen LogP contribution in [0, 0.1) is 0 Å². The van der Waals surface area contributed by atoms with Gasteiger partial charge in [-0.25, -0.2) is 9.78 Å². The molecule has 0 aliphatic rings. The van der Waals surface area contributed by atoms with Crippen molar-refractivity contribution in [1.82, 2.24) is 4.98 Å². The Balaban J connectivity index is 2.39. The summed E-state index contributed by atoms with van der Waals surface area (Å²) in [4.78, 5) is 15.8. The van der Waals surface area contributed by atoms with E-state index in [0.29, 0.717) is 15.8 Å². The molecular formula is C12H11NO3S2. The molecule has 0 aliphatic carbocycles. The number of rotatable bonds is 5. The molecule has 1 aromatic carbocycles. The maximum Gasteiger partial charge on any atom is 0.348 e. The maximum atomic E-state index is 11.2. The van der Waals surface area contributed by atoms with Gasteiger partial charge in [-0.1, -0.05) is 53.4 Å². The molecular weight excluding hydrogens is 270 g/mol. The van der Waals surface area contributed by atoms with Crippen molar-refractivity contribution < 1.29 is 15.0 Å². The maximum absolute atomic E-state index is 11.2. The average molecular weight is 281 g/mol. The van der Waals surface area contributed by atoms with E-state index in [4.69, 9.17) is 5.11 Å². The first kappa shape index (κ1) is 13.1. The van der Waals surface area contributed by atoms with Gasteiger partial charge in [0.25, 0.3) is 0 Å². The number of hydrogen-bond donors (Lipinski definition) is 2. The number of aliphatic hydroxyl groups excluding tert-OH is 1. The molecule has 2 aromatic rings. The number of nitrogens with zero attached hydrogens (tertiary/aromatic N) is 1. The first-order valence-electron chi connectivity index (χ1n) is 5.25. The molecule has 94 valence electrons. The van der Waals surface area contributed by atoms with Gasteiger partial charge in [-0.3, -0.25) is 0 Å². The Morgan fingerprint density at radius 1 is 1.33 bits per heavy atom. The molecule has 0 amide bonds. The number of aromatic carboxylic acids is 1. The number of aromatic nitrogens is 1. The van der Waals surface area contributed by atoms with E-state index in [9.17, 15) is 9.90 Å². The lowest BCUT2D eigenvalue weighted by atomic mass is 10.1. The zero-order valence-electron chi connectivity index (χ0n) is 9.37. The zero-order chi connectivity index (χ0) is 13.0. The third-order valence-electron chi connectivity index (χ3n) is 2.17. The Bertz CT molecular complexity index is 540. The number of benzene rings is 1. The second kappa shape index (κ2) is 5.99. The van der Waals surface area contributed by atoms with Crippen LogP contribution in [0.2, 0.25) is 0 Å². The lowest BCUT2D eigenvalue weighted by molar-refractivity contribution is 0.0702. The van der Waals surface area contributed by atoms with E-state index in [1.54, 1.807) is 0 Å². The van der Waals surface area contributed by atoms with Gasteiger partial charge in [-0.05, 0) is 0 Å². The summed E-state index contributed by atoms with van der Waals surface area (Å²) in [6, 6.07) is 9.24. The van der Waals surface area contributed by atoms with Crippen LogP contribution in [0.3, 0.4) is 0 Å². The molecule has 0 fully saturated rings. The molecule has 0 atom stereocenters. The molecule has 1 heterocycles. The summed E-state index contributed by atoms with van der Waals surface area (Å²) in [6.07, 6.45) is 0. The highest BCUT2D eigenvalue weighted by molar-refractivity contribution is 8.01. The van der Waals surface area contributed by atoms with Gasteiger partial charge in [0.05, 0.1) is 12.3 Å². The number of carbonyl (C=O) groups is 1. The molecule has 2 N–H and O–H groups in total. The Morgan fingerprint density at radius 3 is 2.67 bits per heavy atom. The van der Waals surface area contributed by atoms with E-state index in [2.05, 4.69) is 4.98 Å². The van der Waals surface area contributed by atoms with Gasteiger partial charge in [0.2, 0.25) is 0 Å². The molecule has 0 aliphatic heterocycles. The Labute approximate surface area is 112 Å². The van der Waals surface area contributed by atoms with E-state index < -0.39 is 5.97 Å². The molecule has 0 radical (unpaired) electrons. The molecule has 0 saturated heterocycles. The monoisotopic (exact) mass is 281 g/mol. The molecule has 0 unspecified atom stereocenters. The minimum absolute atomic E-state index is 0.0489. The summed E-state index contributed by atoms with van der Waals surface area (Å²) in [5.41, 5.74) is 1.29. The highest BCUT2D eigenvalue weighted by Gasteiger charge is 2.18. The van der Waals surface area contributed by atoms with E-state index in [1.165, 1.54) is 11.8 Å². The van der Waals surface area contributed by atoms with Crippen molar-refractivity contribution in [3.05, 3.63) is 35.2 Å². The van der Waals surface area contributed by atoms with Crippen LogP contribution in [0.4, 0.5) is 0 Å². The predicted molar refractivity (Wildman–Crippen MR) is 72.3 cm³/mol. The van der Waals surface area contributed by atoms with Gasteiger partial charge in [-0.15, -0.1) is 0 Å². The van der Waals surface area contributed by atoms with E-state index >= 15 is 0 Å². The minimum atomic E-state index is -0.970. The number of thiazole rings is 1. The number of hydrogen-bond acceptors (Lipinski definition) is 5. The summed E-state index contributed by atoms with van der Waals surface area (Å²) in [5.74, 6) is -0.455. The summed E-state index contributed by atoms with van der Waals surface area (Å²) in [6.45, 7) is 0.0489. The van der Waals surface area contributed by atoms with Crippen LogP contribution in [0.25, 0.3) is 11.3 Å². The minimum Gasteiger partial charge on any atom is -0.477 e. The quantitative estimate of drug-likeness (QED) is 0.824. The van der Waals surface area contributed by atoms with Crippen molar-refractivity contribution in [2.45, 2.75) is 4.34 Å². The Morgan fingerprint density at radius 2 is 2.06 bits per heavy atom. The van der Waals surface area contributed by atoms with Crippen molar-refractivity contribution >= 4 is 29.1 Å². The van der Waals surface area contributed by atoms with Crippen LogP contribution in [-0.2, 0) is 0 Å². The first-order valence-corrected chi connectivity index (χ1v) is 7.05. The zero-order valence-corrected chi connectivity index (χ0v) is 11.0. The predicted octanol–water partition coefficient (Wildman–Crippen LogP) is 2.59. The number of aliphatic hydroxyl groups is 1. The average Bonchev–Trinajstić information content (AvgIpc) is 2.82. The SMILES string of the molecule is O=C(O)c1sc(SCCO)nc1-c1ccccc1. The van der Waals surface area contributed by atoms with Crippen LogP contribution in [0.15, 0.2) is 34.7 Å². The molecule has 0 spiro atoms. The van der Waals surface area contributed by atoms with Crippen molar-refractivity contribution in [2.24, 2.45) is 0 Å². The summed E-state index contributed by atoms with van der Waals surface area (Å²) < 4.78 is 0.667. The van der Waals surface area contributed by atoms with Crippen LogP contribution < -0.4 is 0 Å². The second-order valence-corrected chi connectivity index (χ2v) is 5.74. The Hall–Kier alpha value is -1.37. The fourth-order valence-electron chi connectivity index (χ4n) is 1.43. The molecule has 4 nitrogen and oxygen atoms in total. The lowest BCUT2D eigenvalue weighted by Gasteiger charge is -1.97. The lowest BCUT2D eigenvalue weighted by Crippen LogP contribution is -1.95. The molecule has 0 bridgehead atoms. The van der Waals surface area contributed by atoms with Crippen LogP contribution >= 0.6 is 23.1 Å². The van der Waals surface area contributed by atoms with Crippen molar-refractivity contribution in [3.63, 3.8) is 0 Å². The molecule has 2 rings (SSSR count). The number of carboxylic acids is 1. The fourth-order valence-corrected chi connectivity index (χ4v) is 3.25. The smallest absolute Gasteiger partial charge is 0.348 e. The second-order valence-electron chi connectivity index (χ2n) is 3.40. The van der Waals surface area contributed by atoms with Gasteiger partial charge in [0.1, 0.15) is 4.88 Å². The van der Waals surface area contributed by atoms with Crippen molar-refractivity contribution in [2.75, 3.05) is 12.4 Å². The molecule has 18 heavy (non-hydrogen) atoms. The topological polar surface area (TPSA) is 70.4 Å². The largest absolute Gasteiger partial charge is 0.477 e. The summed E-state index contributed by atoms with van der Waals surface area (Å²) >= 11 is 2.51. The normalized spacial score (nSPS) is 10.5. The fraction of sp³-hybridized carbons (Fsp3) is 0.167. The third kappa shape index (κ3) is 2.90. The Kier molecular flexibility index (Phi) is 4.35. The highest BCUT2D eigenvalue weighted by Crippen LogP contribution is 2.33. The van der Waals surface area contributed by atoms with Crippen molar-refractivity contribution in [3.8, 4) is 11.3 Å². The summed E-state index contributed by atoms with van der Waals surface area (Å²) in [5, 5.41) is 17.9. The first-order chi connectivity index (χ1) is 8.72. The van der Waals surface area contributed by atoms with Crippen LogP contribution in [0.5, 0.6) is 0 Å². The number of carboxylic acid groups (broad SMARTS) is 1. The van der Waals surface area contributed by atoms with Crippen LogP contribution in [-0.4, -0.2) is 33.5 Å². The van der Waals surface area contributed by atoms with E-state index in [0.717, 1.165) is 16.9 Å². The standard InChI is InChI=1S/C12H11NO3S2/c14-6-7-17-12-13-9(10(18-12)11(15)16)8-4-2-1-3-5-8/h1-5,14H,6-7H2,(H,15,16). The van der Waals surface area contributed by atoms with Gasteiger partial charge in [0.15, 0.2) is 4.34 Å².